The molecule has 0 aromatic heterocycles. The maximum atomic E-state index is 11.8. The fraction of sp³-hybridized carbons (Fsp3) is 0.385. The lowest BCUT2D eigenvalue weighted by Gasteiger charge is -2.47. The summed E-state index contributed by atoms with van der Waals surface area (Å²) in [6, 6.07) is 9.23. The summed E-state index contributed by atoms with van der Waals surface area (Å²) in [6.07, 6.45) is 1.24. The molecular weight excluding hydrogens is 258 g/mol. The van der Waals surface area contributed by atoms with Crippen LogP contribution in [0.3, 0.4) is 0 Å². The first-order valence-corrected chi connectivity index (χ1v) is 6.49. The Morgan fingerprint density at radius 2 is 2.10 bits per heavy atom. The van der Waals surface area contributed by atoms with Crippen LogP contribution in [0, 0.1) is 10.8 Å². The van der Waals surface area contributed by atoms with Gasteiger partial charge in [0.1, 0.15) is 0 Å². The van der Waals surface area contributed by atoms with E-state index in [1.54, 1.807) is 0 Å². The molecule has 3 rings (SSSR count). The van der Waals surface area contributed by atoms with Crippen LogP contribution in [-0.2, 0) is 4.79 Å². The number of hydrogen-bond donors (Lipinski definition) is 1. The zero-order chi connectivity index (χ0) is 14.1. The Kier molecular flexibility index (Phi) is 3.29. The van der Waals surface area contributed by atoms with Crippen molar-refractivity contribution in [3.63, 3.8) is 0 Å². The van der Waals surface area contributed by atoms with Gasteiger partial charge in [0.05, 0.1) is 12.3 Å². The minimum Gasteiger partial charge on any atom is -0.268 e. The smallest absolute Gasteiger partial charge is 0.268 e. The summed E-state index contributed by atoms with van der Waals surface area (Å²) in [6.45, 7) is 2.96. The molecule has 1 amide bonds. The Labute approximate surface area is 116 Å². The molecule has 1 saturated heterocycles. The minimum atomic E-state index is -1.02. The van der Waals surface area contributed by atoms with Gasteiger partial charge in [-0.1, -0.05) is 42.4 Å². The number of hydrazone groups is 1. The van der Waals surface area contributed by atoms with Crippen molar-refractivity contribution in [2.45, 2.75) is 19.0 Å². The minimum absolute atomic E-state index is 0.183. The Morgan fingerprint density at radius 1 is 1.35 bits per heavy atom. The standard InChI is InChI=1S/C13H15N5O2/c1-9-8-17(12(9)10-5-3-2-4-6-10)16-18-13(19)11(15-20)7-14-18/h2-7,9,11-12,16H,8H2,1H3. The maximum absolute atomic E-state index is 11.8. The van der Waals surface area contributed by atoms with E-state index in [9.17, 15) is 9.70 Å². The van der Waals surface area contributed by atoms with Crippen LogP contribution in [0.1, 0.15) is 18.5 Å². The number of carbonyl (C=O) groups excluding carboxylic acids is 1. The number of benzene rings is 1. The fourth-order valence-corrected chi connectivity index (χ4v) is 2.60. The normalized spacial score (nSPS) is 29.6. The number of hydrazine groups is 2. The van der Waals surface area contributed by atoms with E-state index in [0.717, 1.165) is 11.7 Å². The summed E-state index contributed by atoms with van der Waals surface area (Å²) in [5, 5.41) is 9.58. The van der Waals surface area contributed by atoms with Crippen LogP contribution in [0.5, 0.6) is 0 Å². The first-order chi connectivity index (χ1) is 9.70. The first kappa shape index (κ1) is 12.9. The van der Waals surface area contributed by atoms with Gasteiger partial charge in [-0.05, 0) is 11.5 Å². The van der Waals surface area contributed by atoms with Crippen LogP contribution >= 0.6 is 0 Å². The van der Waals surface area contributed by atoms with Crippen molar-refractivity contribution in [1.29, 1.82) is 0 Å². The van der Waals surface area contributed by atoms with Gasteiger partial charge >= 0.3 is 0 Å². The summed E-state index contributed by atoms with van der Waals surface area (Å²) >= 11 is 0. The Bertz CT molecular complexity index is 547. The van der Waals surface area contributed by atoms with Crippen molar-refractivity contribution in [3.8, 4) is 0 Å². The van der Waals surface area contributed by atoms with Gasteiger partial charge in [-0.3, -0.25) is 4.79 Å². The van der Waals surface area contributed by atoms with Crippen LogP contribution < -0.4 is 5.53 Å². The highest BCUT2D eigenvalue weighted by Crippen LogP contribution is 2.36. The van der Waals surface area contributed by atoms with Crippen LogP contribution in [0.2, 0.25) is 0 Å². The molecule has 2 heterocycles. The van der Waals surface area contributed by atoms with Gasteiger partial charge in [0.15, 0.2) is 0 Å². The summed E-state index contributed by atoms with van der Waals surface area (Å²) in [7, 11) is 0. The molecule has 1 fully saturated rings. The molecular formula is C13H15N5O2. The molecule has 1 N–H and O–H groups in total. The molecule has 1 aromatic rings. The second-order valence-corrected chi connectivity index (χ2v) is 5.05. The van der Waals surface area contributed by atoms with Crippen LogP contribution in [0.25, 0.3) is 0 Å². The lowest BCUT2D eigenvalue weighted by Crippen LogP contribution is -2.60. The molecule has 20 heavy (non-hydrogen) atoms. The molecule has 1 aromatic carbocycles. The van der Waals surface area contributed by atoms with E-state index in [4.69, 9.17) is 0 Å². The van der Waals surface area contributed by atoms with Gasteiger partial charge in [0.2, 0.25) is 6.04 Å². The number of nitrogens with one attached hydrogen (secondary N) is 1. The summed E-state index contributed by atoms with van der Waals surface area (Å²) < 4.78 is 0. The Morgan fingerprint density at radius 3 is 2.70 bits per heavy atom. The highest BCUT2D eigenvalue weighted by Gasteiger charge is 2.40. The van der Waals surface area contributed by atoms with Crippen molar-refractivity contribution < 1.29 is 4.79 Å². The van der Waals surface area contributed by atoms with Crippen LogP contribution in [-0.4, -0.2) is 34.8 Å². The van der Waals surface area contributed by atoms with Crippen molar-refractivity contribution in [2.24, 2.45) is 16.2 Å². The molecule has 3 atom stereocenters. The van der Waals surface area contributed by atoms with Gasteiger partial charge in [-0.25, -0.2) is 5.01 Å². The molecule has 0 saturated carbocycles. The summed E-state index contributed by atoms with van der Waals surface area (Å²) in [5.41, 5.74) is 4.11. The molecule has 2 aliphatic heterocycles. The summed E-state index contributed by atoms with van der Waals surface area (Å²) in [4.78, 5) is 22.2. The zero-order valence-corrected chi connectivity index (χ0v) is 11.0. The molecule has 7 nitrogen and oxygen atoms in total. The quantitative estimate of drug-likeness (QED) is 0.832. The third kappa shape index (κ3) is 2.10. The monoisotopic (exact) mass is 273 g/mol. The number of rotatable bonds is 4. The molecule has 3 unspecified atom stereocenters. The SMILES string of the molecule is CC1CN(NN2N=CC(N=O)C2=O)C1c1ccccc1. The lowest BCUT2D eigenvalue weighted by molar-refractivity contribution is -0.149. The second kappa shape index (κ2) is 5.10. The third-order valence-electron chi connectivity index (χ3n) is 3.62. The predicted octanol–water partition coefficient (Wildman–Crippen LogP) is 1.06. The van der Waals surface area contributed by atoms with E-state index in [-0.39, 0.29) is 6.04 Å². The van der Waals surface area contributed by atoms with E-state index in [2.05, 4.69) is 34.9 Å². The Hall–Kier alpha value is -2.12. The van der Waals surface area contributed by atoms with Crippen LogP contribution in [0.4, 0.5) is 0 Å². The number of hydrogen-bond acceptors (Lipinski definition) is 6. The van der Waals surface area contributed by atoms with Crippen LogP contribution in [0.15, 0.2) is 40.6 Å². The molecule has 7 heteroatoms. The maximum Gasteiger partial charge on any atom is 0.292 e. The molecule has 0 radical (unpaired) electrons. The van der Waals surface area contributed by atoms with Crippen molar-refractivity contribution in [2.75, 3.05) is 6.54 Å². The van der Waals surface area contributed by atoms with Crippen molar-refractivity contribution in [1.82, 2.24) is 15.7 Å². The molecule has 104 valence electrons. The van der Waals surface area contributed by atoms with E-state index >= 15 is 0 Å². The van der Waals surface area contributed by atoms with Gasteiger partial charge in [-0.15, -0.1) is 15.6 Å². The van der Waals surface area contributed by atoms with E-state index in [1.165, 1.54) is 11.8 Å². The number of carbonyl (C=O) groups is 1. The highest BCUT2D eigenvalue weighted by molar-refractivity contribution is 6.01. The predicted molar refractivity (Wildman–Crippen MR) is 73.1 cm³/mol. The second-order valence-electron chi connectivity index (χ2n) is 5.05. The molecule has 2 aliphatic rings. The largest absolute Gasteiger partial charge is 0.292 e. The zero-order valence-electron chi connectivity index (χ0n) is 11.0. The summed E-state index contributed by atoms with van der Waals surface area (Å²) in [5.74, 6) is 0.0259. The first-order valence-electron chi connectivity index (χ1n) is 6.49. The van der Waals surface area contributed by atoms with Crippen molar-refractivity contribution >= 4 is 12.1 Å². The van der Waals surface area contributed by atoms with Gasteiger partial charge < -0.3 is 0 Å². The molecule has 0 bridgehead atoms. The average molecular weight is 273 g/mol. The van der Waals surface area contributed by atoms with Gasteiger partial charge in [0.25, 0.3) is 5.91 Å². The average Bonchev–Trinajstić information content (AvgIpc) is 2.80. The number of nitroso groups, excluding NO2 is 1. The fourth-order valence-electron chi connectivity index (χ4n) is 2.60. The van der Waals surface area contributed by atoms with E-state index < -0.39 is 11.9 Å². The lowest BCUT2D eigenvalue weighted by atomic mass is 9.87. The third-order valence-corrected chi connectivity index (χ3v) is 3.62. The molecule has 0 aliphatic carbocycles. The van der Waals surface area contributed by atoms with Gasteiger partial charge in [0, 0.05) is 6.54 Å². The molecule has 0 spiro atoms. The topological polar surface area (TPSA) is 77.4 Å². The Balaban J connectivity index is 1.69. The highest BCUT2D eigenvalue weighted by atomic mass is 16.3. The number of amides is 1. The van der Waals surface area contributed by atoms with Crippen molar-refractivity contribution in [3.05, 3.63) is 40.8 Å². The van der Waals surface area contributed by atoms with E-state index in [1.807, 2.05) is 23.2 Å². The number of nitrogens with zero attached hydrogens (tertiary/aromatic N) is 4. The van der Waals surface area contributed by atoms with Gasteiger partial charge in [-0.2, -0.15) is 5.10 Å². The van der Waals surface area contributed by atoms with E-state index in [0.29, 0.717) is 5.92 Å².